The zero-order valence-electron chi connectivity index (χ0n) is 15.0. The molecule has 1 aromatic carbocycles. The molecule has 0 atom stereocenters. The summed E-state index contributed by atoms with van der Waals surface area (Å²) in [5, 5.41) is 22.8. The van der Waals surface area contributed by atoms with E-state index in [-0.39, 0.29) is 12.5 Å². The lowest BCUT2D eigenvalue weighted by molar-refractivity contribution is 0.0714. The van der Waals surface area contributed by atoms with Gasteiger partial charge in [-0.25, -0.2) is 0 Å². The van der Waals surface area contributed by atoms with E-state index in [2.05, 4.69) is 5.32 Å². The van der Waals surface area contributed by atoms with Crippen molar-refractivity contribution < 1.29 is 15.0 Å². The lowest BCUT2D eigenvalue weighted by atomic mass is 9.90. The monoisotopic (exact) mass is 333 g/mol. The van der Waals surface area contributed by atoms with Crippen molar-refractivity contribution in [3.63, 3.8) is 0 Å². The molecule has 1 saturated carbocycles. The first kappa shape index (κ1) is 18.9. The van der Waals surface area contributed by atoms with Crippen LogP contribution in [0, 0.1) is 0 Å². The Bertz CT molecular complexity index is 540. The smallest absolute Gasteiger partial charge is 0.251 e. The number of nitrogens with one attached hydrogen (secondary N) is 1. The van der Waals surface area contributed by atoms with E-state index in [1.165, 1.54) is 12.8 Å². The van der Waals surface area contributed by atoms with E-state index >= 15 is 0 Å². The Morgan fingerprint density at radius 3 is 2.46 bits per heavy atom. The van der Waals surface area contributed by atoms with Crippen molar-refractivity contribution in [3.05, 3.63) is 35.4 Å². The summed E-state index contributed by atoms with van der Waals surface area (Å²) >= 11 is 0. The van der Waals surface area contributed by atoms with Crippen LogP contribution in [0.3, 0.4) is 0 Å². The fourth-order valence-electron chi connectivity index (χ4n) is 3.36. The average molecular weight is 333 g/mol. The van der Waals surface area contributed by atoms with Crippen molar-refractivity contribution in [2.24, 2.45) is 0 Å². The number of aliphatic hydroxyl groups excluding tert-OH is 1. The van der Waals surface area contributed by atoms with Crippen molar-refractivity contribution in [1.82, 2.24) is 5.32 Å². The minimum absolute atomic E-state index is 0.00284. The minimum atomic E-state index is -0.709. The van der Waals surface area contributed by atoms with Crippen LogP contribution in [0.2, 0.25) is 0 Å². The van der Waals surface area contributed by atoms with Gasteiger partial charge in [0.15, 0.2) is 0 Å². The van der Waals surface area contributed by atoms with Gasteiger partial charge in [-0.05, 0) is 57.2 Å². The van der Waals surface area contributed by atoms with Crippen molar-refractivity contribution in [2.75, 3.05) is 6.61 Å². The summed E-state index contributed by atoms with van der Waals surface area (Å²) in [5.74, 6) is -0.115. The van der Waals surface area contributed by atoms with Crippen LogP contribution in [-0.2, 0) is 6.42 Å². The topological polar surface area (TPSA) is 69.6 Å². The van der Waals surface area contributed by atoms with Crippen LogP contribution in [0.15, 0.2) is 24.3 Å². The van der Waals surface area contributed by atoms with Gasteiger partial charge in [-0.2, -0.15) is 0 Å². The molecule has 1 amide bonds. The third kappa shape index (κ3) is 5.60. The molecule has 0 unspecified atom stereocenters. The van der Waals surface area contributed by atoms with Gasteiger partial charge in [0, 0.05) is 5.56 Å². The van der Waals surface area contributed by atoms with Gasteiger partial charge in [0.25, 0.3) is 5.91 Å². The molecule has 1 aliphatic rings. The summed E-state index contributed by atoms with van der Waals surface area (Å²) in [6, 6.07) is 7.57. The van der Waals surface area contributed by atoms with Crippen LogP contribution in [-0.4, -0.2) is 33.9 Å². The molecule has 24 heavy (non-hydrogen) atoms. The molecule has 1 aliphatic carbocycles. The molecule has 0 saturated heterocycles. The molecule has 1 aromatic rings. The Hall–Kier alpha value is -1.39. The third-order valence-electron chi connectivity index (χ3n) is 4.96. The van der Waals surface area contributed by atoms with Crippen LogP contribution in [0.25, 0.3) is 0 Å². The lowest BCUT2D eigenvalue weighted by Gasteiger charge is -2.32. The third-order valence-corrected chi connectivity index (χ3v) is 4.96. The summed E-state index contributed by atoms with van der Waals surface area (Å²) in [6.45, 7) is 3.58. The number of hydrogen-bond acceptors (Lipinski definition) is 3. The highest BCUT2D eigenvalue weighted by Crippen LogP contribution is 2.27. The molecule has 0 bridgehead atoms. The van der Waals surface area contributed by atoms with E-state index in [9.17, 15) is 15.0 Å². The van der Waals surface area contributed by atoms with Crippen molar-refractivity contribution in [1.29, 1.82) is 0 Å². The molecule has 0 aromatic heterocycles. The molecule has 0 aliphatic heterocycles. The van der Waals surface area contributed by atoms with E-state index in [1.807, 2.05) is 24.3 Å². The molecule has 0 radical (unpaired) electrons. The molecule has 4 heteroatoms. The van der Waals surface area contributed by atoms with Gasteiger partial charge in [0.1, 0.15) is 0 Å². The number of benzene rings is 1. The van der Waals surface area contributed by atoms with Crippen LogP contribution >= 0.6 is 0 Å². The average Bonchev–Trinajstić information content (AvgIpc) is 2.79. The number of hydrogen-bond donors (Lipinski definition) is 3. The Morgan fingerprint density at radius 1 is 1.21 bits per heavy atom. The Kier molecular flexibility index (Phi) is 6.41. The standard InChI is InChI=1S/C20H31NO3/c1-19(2,24)13-10-16-8-7-9-17(14-16)18(23)21-20(15-22)11-5-3-4-6-12-20/h7-9,14,22,24H,3-6,10-13,15H2,1-2H3,(H,21,23). The van der Waals surface area contributed by atoms with E-state index < -0.39 is 11.1 Å². The molecule has 3 N–H and O–H groups in total. The zero-order valence-corrected chi connectivity index (χ0v) is 15.0. The quantitative estimate of drug-likeness (QED) is 0.700. The maximum atomic E-state index is 12.7. The van der Waals surface area contributed by atoms with E-state index in [0.717, 1.165) is 37.7 Å². The number of aliphatic hydroxyl groups is 2. The van der Waals surface area contributed by atoms with E-state index in [1.54, 1.807) is 13.8 Å². The highest BCUT2D eigenvalue weighted by atomic mass is 16.3. The van der Waals surface area contributed by atoms with Gasteiger partial charge < -0.3 is 15.5 Å². The lowest BCUT2D eigenvalue weighted by Crippen LogP contribution is -2.51. The van der Waals surface area contributed by atoms with Crippen LogP contribution in [0.5, 0.6) is 0 Å². The number of rotatable bonds is 6. The second kappa shape index (κ2) is 8.13. The number of amides is 1. The van der Waals surface area contributed by atoms with Gasteiger partial charge in [-0.3, -0.25) is 4.79 Å². The van der Waals surface area contributed by atoms with Gasteiger partial charge in [0.05, 0.1) is 17.7 Å². The van der Waals surface area contributed by atoms with Crippen molar-refractivity contribution in [3.8, 4) is 0 Å². The maximum Gasteiger partial charge on any atom is 0.251 e. The number of aryl methyl sites for hydroxylation is 1. The van der Waals surface area contributed by atoms with E-state index in [4.69, 9.17) is 0 Å². The number of carbonyl (C=O) groups is 1. The first-order chi connectivity index (χ1) is 11.3. The van der Waals surface area contributed by atoms with Crippen LogP contribution < -0.4 is 5.32 Å². The molecule has 0 spiro atoms. The first-order valence-electron chi connectivity index (χ1n) is 9.08. The highest BCUT2D eigenvalue weighted by Gasteiger charge is 2.32. The summed E-state index contributed by atoms with van der Waals surface area (Å²) in [4.78, 5) is 12.7. The summed E-state index contributed by atoms with van der Waals surface area (Å²) in [7, 11) is 0. The second-order valence-corrected chi connectivity index (χ2v) is 7.82. The van der Waals surface area contributed by atoms with Crippen LogP contribution in [0.4, 0.5) is 0 Å². The summed E-state index contributed by atoms with van der Waals surface area (Å²) in [5.41, 5.74) is 0.486. The molecular formula is C20H31NO3. The Morgan fingerprint density at radius 2 is 1.88 bits per heavy atom. The molecular weight excluding hydrogens is 302 g/mol. The molecule has 4 nitrogen and oxygen atoms in total. The zero-order chi connectivity index (χ0) is 17.6. The van der Waals surface area contributed by atoms with Crippen molar-refractivity contribution >= 4 is 5.91 Å². The maximum absolute atomic E-state index is 12.7. The summed E-state index contributed by atoms with van der Waals surface area (Å²) < 4.78 is 0. The Labute approximate surface area is 145 Å². The fourth-order valence-corrected chi connectivity index (χ4v) is 3.36. The highest BCUT2D eigenvalue weighted by molar-refractivity contribution is 5.94. The van der Waals surface area contributed by atoms with E-state index in [0.29, 0.717) is 12.0 Å². The molecule has 2 rings (SSSR count). The second-order valence-electron chi connectivity index (χ2n) is 7.82. The number of carbonyl (C=O) groups excluding carboxylic acids is 1. The molecule has 1 fully saturated rings. The normalized spacial score (nSPS) is 18.0. The predicted octanol–water partition coefficient (Wildman–Crippen LogP) is 3.21. The molecule has 0 heterocycles. The summed E-state index contributed by atoms with van der Waals surface area (Å²) in [6.07, 6.45) is 7.50. The van der Waals surface area contributed by atoms with Crippen LogP contribution in [0.1, 0.15) is 74.7 Å². The van der Waals surface area contributed by atoms with Gasteiger partial charge in [0.2, 0.25) is 0 Å². The first-order valence-corrected chi connectivity index (χ1v) is 9.08. The molecule has 134 valence electrons. The Balaban J connectivity index is 2.05. The fraction of sp³-hybridized carbons (Fsp3) is 0.650. The predicted molar refractivity (Wildman–Crippen MR) is 96.0 cm³/mol. The SMILES string of the molecule is CC(C)(O)CCc1cccc(C(=O)NC2(CO)CCCCCC2)c1. The minimum Gasteiger partial charge on any atom is -0.394 e. The van der Waals surface area contributed by atoms with Crippen molar-refractivity contribution in [2.45, 2.75) is 76.4 Å². The van der Waals surface area contributed by atoms with Gasteiger partial charge in [-0.15, -0.1) is 0 Å². The van der Waals surface area contributed by atoms with Gasteiger partial charge >= 0.3 is 0 Å². The largest absolute Gasteiger partial charge is 0.394 e. The van der Waals surface area contributed by atoms with Gasteiger partial charge in [-0.1, -0.05) is 37.8 Å².